The second kappa shape index (κ2) is 11.8. The van der Waals surface area contributed by atoms with Gasteiger partial charge in [0.05, 0.1) is 5.56 Å². The van der Waals surface area contributed by atoms with Gasteiger partial charge in [-0.3, -0.25) is 4.79 Å². The summed E-state index contributed by atoms with van der Waals surface area (Å²) in [6.45, 7) is 4.86. The number of aryl methyl sites for hydroxylation is 1. The van der Waals surface area contributed by atoms with E-state index in [0.717, 1.165) is 47.5 Å². The molecule has 0 atom stereocenters. The van der Waals surface area contributed by atoms with E-state index < -0.39 is 0 Å². The summed E-state index contributed by atoms with van der Waals surface area (Å²) in [5.74, 6) is 0.756. The van der Waals surface area contributed by atoms with Gasteiger partial charge in [-0.15, -0.1) is 0 Å². The van der Waals surface area contributed by atoms with Crippen molar-refractivity contribution in [3.05, 3.63) is 107 Å². The van der Waals surface area contributed by atoms with Crippen LogP contribution < -0.4 is 5.32 Å². The molecule has 1 aromatic heterocycles. The zero-order chi connectivity index (χ0) is 24.7. The van der Waals surface area contributed by atoms with E-state index in [-0.39, 0.29) is 5.91 Å². The number of nitrogens with one attached hydrogen (secondary N) is 1. The van der Waals surface area contributed by atoms with E-state index in [1.807, 2.05) is 48.7 Å². The molecule has 1 fully saturated rings. The number of amides is 1. The highest BCUT2D eigenvalue weighted by Gasteiger charge is 2.20. The number of fused-ring (bicyclic) bond motifs is 1. The van der Waals surface area contributed by atoms with Crippen LogP contribution in [-0.2, 0) is 19.5 Å². The minimum atomic E-state index is -0.0413. The van der Waals surface area contributed by atoms with Gasteiger partial charge in [0.25, 0.3) is 5.91 Å². The SMILES string of the molecule is O=C(NCc1ccc(Cl)cc1)c1cn(CCCN2CCC(Cc3ccccc3)CC2)c2ccccc12. The summed E-state index contributed by atoms with van der Waals surface area (Å²) < 4.78 is 2.24. The van der Waals surface area contributed by atoms with Crippen LogP contribution in [-0.4, -0.2) is 35.0 Å². The van der Waals surface area contributed by atoms with Crippen LogP contribution in [0.25, 0.3) is 10.9 Å². The summed E-state index contributed by atoms with van der Waals surface area (Å²) in [7, 11) is 0. The Kier molecular flexibility index (Phi) is 8.04. The van der Waals surface area contributed by atoms with Crippen LogP contribution in [0.15, 0.2) is 85.1 Å². The predicted octanol–water partition coefficient (Wildman–Crippen LogP) is 6.57. The number of benzene rings is 3. The van der Waals surface area contributed by atoms with Gasteiger partial charge in [-0.1, -0.05) is 72.3 Å². The van der Waals surface area contributed by atoms with E-state index >= 15 is 0 Å². The molecular weight excluding hydrogens is 466 g/mol. The van der Waals surface area contributed by atoms with Crippen LogP contribution in [0.1, 0.15) is 40.7 Å². The highest BCUT2D eigenvalue weighted by Crippen LogP contribution is 2.24. The third-order valence-electron chi connectivity index (χ3n) is 7.35. The highest BCUT2D eigenvalue weighted by atomic mass is 35.5. The van der Waals surface area contributed by atoms with Gasteiger partial charge in [0.1, 0.15) is 0 Å². The average Bonchev–Trinajstić information content (AvgIpc) is 3.29. The van der Waals surface area contributed by atoms with E-state index in [4.69, 9.17) is 11.6 Å². The van der Waals surface area contributed by atoms with Gasteiger partial charge >= 0.3 is 0 Å². The van der Waals surface area contributed by atoms with Gasteiger partial charge in [-0.2, -0.15) is 0 Å². The maximum Gasteiger partial charge on any atom is 0.253 e. The maximum absolute atomic E-state index is 13.0. The summed E-state index contributed by atoms with van der Waals surface area (Å²) in [5, 5.41) is 4.77. The first-order valence-corrected chi connectivity index (χ1v) is 13.4. The third-order valence-corrected chi connectivity index (χ3v) is 7.60. The molecule has 1 aliphatic rings. The fourth-order valence-corrected chi connectivity index (χ4v) is 5.44. The monoisotopic (exact) mass is 499 g/mol. The molecule has 2 heterocycles. The van der Waals surface area contributed by atoms with Crippen LogP contribution in [0, 0.1) is 5.92 Å². The largest absolute Gasteiger partial charge is 0.348 e. The van der Waals surface area contributed by atoms with Crippen LogP contribution in [0.5, 0.6) is 0 Å². The van der Waals surface area contributed by atoms with Gasteiger partial charge in [-0.05, 0) is 80.6 Å². The molecule has 1 N–H and O–H groups in total. The van der Waals surface area contributed by atoms with Crippen molar-refractivity contribution < 1.29 is 4.79 Å². The maximum atomic E-state index is 13.0. The van der Waals surface area contributed by atoms with Crippen molar-refractivity contribution in [2.24, 2.45) is 5.92 Å². The molecule has 1 amide bonds. The zero-order valence-corrected chi connectivity index (χ0v) is 21.5. The quantitative estimate of drug-likeness (QED) is 0.283. The molecule has 5 heteroatoms. The number of hydrogen-bond donors (Lipinski definition) is 1. The topological polar surface area (TPSA) is 37.3 Å². The van der Waals surface area contributed by atoms with Crippen molar-refractivity contribution in [1.29, 1.82) is 0 Å². The number of rotatable bonds is 9. The van der Waals surface area contributed by atoms with Gasteiger partial charge in [0.2, 0.25) is 0 Å². The van der Waals surface area contributed by atoms with Crippen molar-refractivity contribution in [2.45, 2.75) is 38.8 Å². The molecule has 1 aliphatic heterocycles. The van der Waals surface area contributed by atoms with Crippen LogP contribution >= 0.6 is 11.6 Å². The first-order valence-electron chi connectivity index (χ1n) is 13.0. The third kappa shape index (κ3) is 6.18. The summed E-state index contributed by atoms with van der Waals surface area (Å²) in [5.41, 5.74) is 4.35. The molecule has 4 aromatic rings. The Bertz CT molecular complexity index is 1270. The van der Waals surface area contributed by atoms with Crippen molar-refractivity contribution in [3.63, 3.8) is 0 Å². The second-order valence-corrected chi connectivity index (χ2v) is 10.3. The van der Waals surface area contributed by atoms with Gasteiger partial charge in [0, 0.05) is 35.2 Å². The van der Waals surface area contributed by atoms with Crippen LogP contribution in [0.2, 0.25) is 5.02 Å². The summed E-state index contributed by atoms with van der Waals surface area (Å²) in [4.78, 5) is 15.6. The van der Waals surface area contributed by atoms with E-state index in [9.17, 15) is 4.79 Å². The smallest absolute Gasteiger partial charge is 0.253 e. The molecule has 0 aliphatic carbocycles. The summed E-state index contributed by atoms with van der Waals surface area (Å²) in [6, 6.07) is 26.7. The number of carbonyl (C=O) groups is 1. The van der Waals surface area contributed by atoms with Crippen molar-refractivity contribution in [3.8, 4) is 0 Å². The van der Waals surface area contributed by atoms with Gasteiger partial charge in [0.15, 0.2) is 0 Å². The predicted molar refractivity (Wildman–Crippen MR) is 148 cm³/mol. The molecule has 5 rings (SSSR count). The molecule has 0 unspecified atom stereocenters. The fraction of sp³-hybridized carbons (Fsp3) is 0.323. The Morgan fingerprint density at radius 1 is 0.861 bits per heavy atom. The molecule has 0 bridgehead atoms. The molecule has 4 nitrogen and oxygen atoms in total. The summed E-state index contributed by atoms with van der Waals surface area (Å²) in [6.07, 6.45) is 6.85. The number of carbonyl (C=O) groups excluding carboxylic acids is 1. The zero-order valence-electron chi connectivity index (χ0n) is 20.7. The van der Waals surface area contributed by atoms with E-state index in [1.165, 1.54) is 37.9 Å². The van der Waals surface area contributed by atoms with E-state index in [2.05, 4.69) is 51.2 Å². The Balaban J connectivity index is 1.14. The van der Waals surface area contributed by atoms with Gasteiger partial charge < -0.3 is 14.8 Å². The Labute approximate surface area is 218 Å². The Hall–Kier alpha value is -3.08. The minimum absolute atomic E-state index is 0.0413. The molecule has 0 spiro atoms. The molecule has 3 aromatic carbocycles. The van der Waals surface area contributed by atoms with Crippen molar-refractivity contribution in [2.75, 3.05) is 19.6 Å². The lowest BCUT2D eigenvalue weighted by atomic mass is 9.90. The lowest BCUT2D eigenvalue weighted by molar-refractivity contribution is 0.0952. The number of aromatic nitrogens is 1. The number of piperidine rings is 1. The number of likely N-dealkylation sites (tertiary alicyclic amines) is 1. The van der Waals surface area contributed by atoms with Crippen molar-refractivity contribution in [1.82, 2.24) is 14.8 Å². The normalized spacial score (nSPS) is 14.8. The summed E-state index contributed by atoms with van der Waals surface area (Å²) >= 11 is 5.97. The molecule has 0 radical (unpaired) electrons. The molecular formula is C31H34ClN3O. The molecule has 1 saturated heterocycles. The number of halogens is 1. The molecule has 0 saturated carbocycles. The number of nitrogens with zero attached hydrogens (tertiary/aromatic N) is 2. The lowest BCUT2D eigenvalue weighted by Crippen LogP contribution is -2.35. The molecule has 36 heavy (non-hydrogen) atoms. The van der Waals surface area contributed by atoms with Gasteiger partial charge in [-0.25, -0.2) is 0 Å². The number of para-hydroxylation sites is 1. The highest BCUT2D eigenvalue weighted by molar-refractivity contribution is 6.30. The van der Waals surface area contributed by atoms with E-state index in [1.54, 1.807) is 0 Å². The lowest BCUT2D eigenvalue weighted by Gasteiger charge is -2.32. The number of hydrogen-bond acceptors (Lipinski definition) is 2. The molecule has 186 valence electrons. The second-order valence-electron chi connectivity index (χ2n) is 9.89. The van der Waals surface area contributed by atoms with E-state index in [0.29, 0.717) is 11.6 Å². The first kappa shape index (κ1) is 24.6. The fourth-order valence-electron chi connectivity index (χ4n) is 5.32. The Morgan fingerprint density at radius 2 is 1.58 bits per heavy atom. The standard InChI is InChI=1S/C31H34ClN3O/c32-27-13-11-26(12-14-27)22-33-31(36)29-23-35(30-10-5-4-9-28(29)30)18-6-17-34-19-15-25(16-20-34)21-24-7-2-1-3-8-24/h1-5,7-14,23,25H,6,15-22H2,(H,33,36). The Morgan fingerprint density at radius 3 is 2.36 bits per heavy atom. The first-order chi connectivity index (χ1) is 17.7. The minimum Gasteiger partial charge on any atom is -0.348 e. The average molecular weight is 500 g/mol. The van der Waals surface area contributed by atoms with Crippen LogP contribution in [0.3, 0.4) is 0 Å². The van der Waals surface area contributed by atoms with Crippen molar-refractivity contribution >= 4 is 28.4 Å². The van der Waals surface area contributed by atoms with Crippen LogP contribution in [0.4, 0.5) is 0 Å².